The van der Waals surface area contributed by atoms with Crippen molar-refractivity contribution in [2.75, 3.05) is 0 Å². The second-order valence-corrected chi connectivity index (χ2v) is 6.63. The molecule has 3 aromatic heterocycles. The van der Waals surface area contributed by atoms with Crippen LogP contribution in [0.3, 0.4) is 0 Å². The molecule has 124 valence electrons. The van der Waals surface area contributed by atoms with E-state index in [1.807, 2.05) is 18.2 Å². The minimum Gasteiger partial charge on any atom is -0.477 e. The summed E-state index contributed by atoms with van der Waals surface area (Å²) in [5.74, 6) is -0.562. The van der Waals surface area contributed by atoms with Gasteiger partial charge >= 0.3 is 5.97 Å². The van der Waals surface area contributed by atoms with Gasteiger partial charge in [0, 0.05) is 23.9 Å². The normalized spacial score (nSPS) is 11.3. The van der Waals surface area contributed by atoms with Crippen molar-refractivity contribution in [3.05, 3.63) is 64.2 Å². The standard InChI is InChI=1S/C18H18ClN3O2/c1-11(2)8-16-14(17-7-6-12(19)10-22(17)21-16)9-13-4-3-5-15(20-13)18(23)24/h3-7,10-11H,8-9H2,1-2H3,(H,23,24). The Bertz CT molecular complexity index is 902. The molecule has 0 aromatic carbocycles. The van der Waals surface area contributed by atoms with Crippen molar-refractivity contribution >= 4 is 23.1 Å². The van der Waals surface area contributed by atoms with Gasteiger partial charge in [0.2, 0.25) is 0 Å². The number of rotatable bonds is 5. The summed E-state index contributed by atoms with van der Waals surface area (Å²) in [6.07, 6.45) is 3.16. The van der Waals surface area contributed by atoms with E-state index in [1.54, 1.807) is 16.8 Å². The summed E-state index contributed by atoms with van der Waals surface area (Å²) < 4.78 is 1.79. The number of carbonyl (C=O) groups is 1. The summed E-state index contributed by atoms with van der Waals surface area (Å²) in [7, 11) is 0. The first-order valence-electron chi connectivity index (χ1n) is 7.79. The molecule has 0 spiro atoms. The molecule has 24 heavy (non-hydrogen) atoms. The maximum atomic E-state index is 11.1. The highest BCUT2D eigenvalue weighted by Gasteiger charge is 2.16. The highest BCUT2D eigenvalue weighted by atomic mass is 35.5. The minimum absolute atomic E-state index is 0.0532. The molecular formula is C18H18ClN3O2. The zero-order valence-corrected chi connectivity index (χ0v) is 14.3. The number of pyridine rings is 2. The molecule has 0 aliphatic rings. The van der Waals surface area contributed by atoms with Crippen molar-refractivity contribution in [2.24, 2.45) is 5.92 Å². The minimum atomic E-state index is -1.02. The van der Waals surface area contributed by atoms with Crippen LogP contribution in [0.4, 0.5) is 0 Å². The molecule has 6 heteroatoms. The fraction of sp³-hybridized carbons (Fsp3) is 0.278. The summed E-state index contributed by atoms with van der Waals surface area (Å²) in [6, 6.07) is 8.83. The average molecular weight is 344 g/mol. The zero-order chi connectivity index (χ0) is 17.3. The predicted octanol–water partition coefficient (Wildman–Crippen LogP) is 3.87. The molecule has 5 nitrogen and oxygen atoms in total. The number of halogens is 1. The smallest absolute Gasteiger partial charge is 0.354 e. The van der Waals surface area contributed by atoms with Crippen molar-refractivity contribution in [2.45, 2.75) is 26.7 Å². The average Bonchev–Trinajstić information content (AvgIpc) is 2.83. The van der Waals surface area contributed by atoms with Gasteiger partial charge in [0.05, 0.1) is 16.2 Å². The van der Waals surface area contributed by atoms with Gasteiger partial charge in [0.1, 0.15) is 5.69 Å². The molecular weight excluding hydrogens is 326 g/mol. The number of fused-ring (bicyclic) bond motifs is 1. The fourth-order valence-electron chi connectivity index (χ4n) is 2.75. The third kappa shape index (κ3) is 3.41. The molecule has 0 bridgehead atoms. The molecule has 0 aliphatic carbocycles. The van der Waals surface area contributed by atoms with Gasteiger partial charge in [-0.05, 0) is 36.6 Å². The molecule has 0 amide bonds. The van der Waals surface area contributed by atoms with Crippen molar-refractivity contribution in [3.63, 3.8) is 0 Å². The highest BCUT2D eigenvalue weighted by molar-refractivity contribution is 6.30. The number of aromatic nitrogens is 3. The quantitative estimate of drug-likeness (QED) is 0.763. The first-order chi connectivity index (χ1) is 11.4. The summed E-state index contributed by atoms with van der Waals surface area (Å²) in [5, 5.41) is 14.4. The van der Waals surface area contributed by atoms with Gasteiger partial charge in [-0.15, -0.1) is 0 Å². The molecule has 0 fully saturated rings. The lowest BCUT2D eigenvalue weighted by Gasteiger charge is -2.06. The van der Waals surface area contributed by atoms with Crippen molar-refractivity contribution in [3.8, 4) is 0 Å². The van der Waals surface area contributed by atoms with Gasteiger partial charge in [-0.2, -0.15) is 5.10 Å². The SMILES string of the molecule is CC(C)Cc1nn2cc(Cl)ccc2c1Cc1cccc(C(=O)O)n1. The Morgan fingerprint density at radius 3 is 2.79 bits per heavy atom. The number of carboxylic acids is 1. The molecule has 0 atom stereocenters. The Morgan fingerprint density at radius 1 is 1.29 bits per heavy atom. The Morgan fingerprint density at radius 2 is 2.08 bits per heavy atom. The van der Waals surface area contributed by atoms with E-state index < -0.39 is 5.97 Å². The predicted molar refractivity (Wildman–Crippen MR) is 92.7 cm³/mol. The van der Waals surface area contributed by atoms with E-state index in [1.165, 1.54) is 6.07 Å². The lowest BCUT2D eigenvalue weighted by atomic mass is 10.0. The van der Waals surface area contributed by atoms with Crippen LogP contribution in [0.15, 0.2) is 36.5 Å². The van der Waals surface area contributed by atoms with Crippen LogP contribution in [0.1, 0.15) is 41.3 Å². The van der Waals surface area contributed by atoms with Gasteiger partial charge in [0.15, 0.2) is 0 Å². The summed E-state index contributed by atoms with van der Waals surface area (Å²) in [6.45, 7) is 4.29. The number of hydrogen-bond donors (Lipinski definition) is 1. The van der Waals surface area contributed by atoms with Crippen LogP contribution in [0.2, 0.25) is 5.02 Å². The number of nitrogens with zero attached hydrogens (tertiary/aromatic N) is 3. The lowest BCUT2D eigenvalue weighted by Crippen LogP contribution is -2.04. The van der Waals surface area contributed by atoms with Gasteiger partial charge in [-0.3, -0.25) is 0 Å². The number of carboxylic acid groups (broad SMARTS) is 1. The van der Waals surface area contributed by atoms with Crippen molar-refractivity contribution < 1.29 is 9.90 Å². The van der Waals surface area contributed by atoms with Crippen LogP contribution in [-0.2, 0) is 12.8 Å². The van der Waals surface area contributed by atoms with Crippen LogP contribution in [0.25, 0.3) is 5.52 Å². The molecule has 0 saturated heterocycles. The number of hydrogen-bond acceptors (Lipinski definition) is 3. The van der Waals surface area contributed by atoms with Gasteiger partial charge in [-0.25, -0.2) is 14.3 Å². The summed E-state index contributed by atoms with van der Waals surface area (Å²) in [5.41, 5.74) is 3.80. The Labute approximate surface area is 144 Å². The van der Waals surface area contributed by atoms with Crippen molar-refractivity contribution in [1.29, 1.82) is 0 Å². The molecule has 3 aromatic rings. The van der Waals surface area contributed by atoms with E-state index in [-0.39, 0.29) is 5.69 Å². The van der Waals surface area contributed by atoms with Crippen LogP contribution < -0.4 is 0 Å². The van der Waals surface area contributed by atoms with E-state index in [9.17, 15) is 4.79 Å². The molecule has 0 aliphatic heterocycles. The van der Waals surface area contributed by atoms with Crippen molar-refractivity contribution in [1.82, 2.24) is 14.6 Å². The third-order valence-electron chi connectivity index (χ3n) is 3.76. The van der Waals surface area contributed by atoms with E-state index in [4.69, 9.17) is 16.7 Å². The summed E-state index contributed by atoms with van der Waals surface area (Å²) in [4.78, 5) is 15.4. The van der Waals surface area contributed by atoms with Gasteiger partial charge < -0.3 is 5.11 Å². The fourth-order valence-corrected chi connectivity index (χ4v) is 2.90. The maximum absolute atomic E-state index is 11.1. The van der Waals surface area contributed by atoms with E-state index in [0.717, 1.165) is 23.2 Å². The third-order valence-corrected chi connectivity index (χ3v) is 3.99. The van der Waals surface area contributed by atoms with E-state index in [2.05, 4.69) is 23.9 Å². The highest BCUT2D eigenvalue weighted by Crippen LogP contribution is 2.23. The van der Waals surface area contributed by atoms with Gasteiger partial charge in [0.25, 0.3) is 0 Å². The first-order valence-corrected chi connectivity index (χ1v) is 8.16. The Hall–Kier alpha value is -2.40. The van der Waals surface area contributed by atoms with Crippen LogP contribution in [0, 0.1) is 5.92 Å². The molecule has 0 saturated carbocycles. The molecule has 0 unspecified atom stereocenters. The topological polar surface area (TPSA) is 67.5 Å². The van der Waals surface area contributed by atoms with Crippen LogP contribution >= 0.6 is 11.6 Å². The zero-order valence-electron chi connectivity index (χ0n) is 13.5. The molecule has 1 N–H and O–H groups in total. The molecule has 0 radical (unpaired) electrons. The Kier molecular flexibility index (Phi) is 4.53. The molecule has 3 heterocycles. The lowest BCUT2D eigenvalue weighted by molar-refractivity contribution is 0.0690. The van der Waals surface area contributed by atoms with Crippen LogP contribution in [-0.4, -0.2) is 25.7 Å². The molecule has 3 rings (SSSR count). The summed E-state index contributed by atoms with van der Waals surface area (Å²) >= 11 is 6.06. The van der Waals surface area contributed by atoms with E-state index in [0.29, 0.717) is 23.1 Å². The van der Waals surface area contributed by atoms with Crippen LogP contribution in [0.5, 0.6) is 0 Å². The maximum Gasteiger partial charge on any atom is 0.354 e. The van der Waals surface area contributed by atoms with E-state index >= 15 is 0 Å². The first kappa shape index (κ1) is 16.5. The monoisotopic (exact) mass is 343 g/mol. The largest absolute Gasteiger partial charge is 0.477 e. The second kappa shape index (κ2) is 6.61. The second-order valence-electron chi connectivity index (χ2n) is 6.20. The Balaban J connectivity index is 2.06. The number of aromatic carboxylic acids is 1. The van der Waals surface area contributed by atoms with Gasteiger partial charge in [-0.1, -0.05) is 31.5 Å².